The van der Waals surface area contributed by atoms with Crippen LogP contribution < -0.4 is 5.43 Å². The lowest BCUT2D eigenvalue weighted by molar-refractivity contribution is 0.0950. The fourth-order valence-electron chi connectivity index (χ4n) is 2.15. The summed E-state index contributed by atoms with van der Waals surface area (Å²) in [4.78, 5) is 15.7. The normalized spacial score (nSPS) is 18.6. The SMILES string of the molecule is C=C(C)[C@@H]1CC=C(C=NNC(=O)c2ccccn2)CC1. The highest BCUT2D eigenvalue weighted by molar-refractivity contribution is 5.92. The van der Waals surface area contributed by atoms with Crippen LogP contribution in [-0.2, 0) is 0 Å². The molecule has 1 atom stereocenters. The average Bonchev–Trinajstić information content (AvgIpc) is 2.48. The van der Waals surface area contributed by atoms with Gasteiger partial charge in [-0.2, -0.15) is 5.10 Å². The Balaban J connectivity index is 1.86. The quantitative estimate of drug-likeness (QED) is 0.519. The molecule has 0 aliphatic heterocycles. The zero-order valence-corrected chi connectivity index (χ0v) is 11.7. The van der Waals surface area contributed by atoms with Crippen LogP contribution in [0, 0.1) is 5.92 Å². The minimum Gasteiger partial charge on any atom is -0.266 e. The average molecular weight is 269 g/mol. The van der Waals surface area contributed by atoms with E-state index in [2.05, 4.69) is 35.1 Å². The van der Waals surface area contributed by atoms with Crippen LogP contribution in [0.1, 0.15) is 36.7 Å². The van der Waals surface area contributed by atoms with E-state index in [1.165, 1.54) is 5.57 Å². The zero-order valence-electron chi connectivity index (χ0n) is 11.7. The highest BCUT2D eigenvalue weighted by atomic mass is 16.2. The summed E-state index contributed by atoms with van der Waals surface area (Å²) in [5, 5.41) is 3.99. The molecule has 1 aromatic rings. The highest BCUT2D eigenvalue weighted by Crippen LogP contribution is 2.27. The Hall–Kier alpha value is -2.23. The molecule has 2 rings (SSSR count). The van der Waals surface area contributed by atoms with Gasteiger partial charge in [-0.25, -0.2) is 5.43 Å². The Morgan fingerprint density at radius 1 is 1.55 bits per heavy atom. The minimum absolute atomic E-state index is 0.293. The summed E-state index contributed by atoms with van der Waals surface area (Å²) in [6.45, 7) is 6.07. The molecule has 1 heterocycles. The summed E-state index contributed by atoms with van der Waals surface area (Å²) in [5.41, 5.74) is 5.25. The molecule has 4 heteroatoms. The second-order valence-corrected chi connectivity index (χ2v) is 5.01. The number of rotatable bonds is 4. The van der Waals surface area contributed by atoms with Gasteiger partial charge < -0.3 is 0 Å². The Bertz CT molecular complexity index is 546. The fraction of sp³-hybridized carbons (Fsp3) is 0.312. The molecule has 0 unspecified atom stereocenters. The second-order valence-electron chi connectivity index (χ2n) is 5.01. The third-order valence-corrected chi connectivity index (χ3v) is 3.44. The van der Waals surface area contributed by atoms with Gasteiger partial charge in [0.05, 0.1) is 6.21 Å². The number of allylic oxidation sites excluding steroid dienone is 3. The van der Waals surface area contributed by atoms with Gasteiger partial charge >= 0.3 is 0 Å². The van der Waals surface area contributed by atoms with Gasteiger partial charge in [-0.05, 0) is 49.8 Å². The van der Waals surface area contributed by atoms with Crippen molar-refractivity contribution >= 4 is 12.1 Å². The van der Waals surface area contributed by atoms with Crippen LogP contribution >= 0.6 is 0 Å². The Morgan fingerprint density at radius 3 is 3.00 bits per heavy atom. The Labute approximate surface area is 119 Å². The van der Waals surface area contributed by atoms with Crippen molar-refractivity contribution in [3.05, 3.63) is 53.9 Å². The lowest BCUT2D eigenvalue weighted by atomic mass is 9.86. The molecule has 0 aromatic carbocycles. The maximum Gasteiger partial charge on any atom is 0.289 e. The fourth-order valence-corrected chi connectivity index (χ4v) is 2.15. The molecule has 0 radical (unpaired) electrons. The summed E-state index contributed by atoms with van der Waals surface area (Å²) < 4.78 is 0. The zero-order chi connectivity index (χ0) is 14.4. The van der Waals surface area contributed by atoms with Crippen molar-refractivity contribution in [2.75, 3.05) is 0 Å². The van der Waals surface area contributed by atoms with Crippen LogP contribution in [-0.4, -0.2) is 17.1 Å². The van der Waals surface area contributed by atoms with Crippen molar-refractivity contribution in [2.24, 2.45) is 11.0 Å². The molecular formula is C16H19N3O. The summed E-state index contributed by atoms with van der Waals surface area (Å²) >= 11 is 0. The number of aromatic nitrogens is 1. The molecule has 0 saturated carbocycles. The van der Waals surface area contributed by atoms with E-state index < -0.39 is 0 Å². The summed E-state index contributed by atoms with van der Waals surface area (Å²) in [5.74, 6) is 0.285. The first-order chi connectivity index (χ1) is 9.66. The van der Waals surface area contributed by atoms with Gasteiger partial charge in [0, 0.05) is 6.20 Å². The van der Waals surface area contributed by atoms with Gasteiger partial charge in [-0.1, -0.05) is 24.3 Å². The number of pyridine rings is 1. The van der Waals surface area contributed by atoms with Gasteiger partial charge in [0.2, 0.25) is 0 Å². The largest absolute Gasteiger partial charge is 0.289 e. The molecule has 0 saturated heterocycles. The predicted molar refractivity (Wildman–Crippen MR) is 80.4 cm³/mol. The van der Waals surface area contributed by atoms with E-state index in [0.29, 0.717) is 11.6 Å². The summed E-state index contributed by atoms with van der Waals surface area (Å²) in [7, 11) is 0. The van der Waals surface area contributed by atoms with E-state index in [1.807, 2.05) is 0 Å². The number of hydrogen-bond acceptors (Lipinski definition) is 3. The summed E-state index contributed by atoms with van der Waals surface area (Å²) in [6.07, 6.45) is 8.54. The molecule has 20 heavy (non-hydrogen) atoms. The van der Waals surface area contributed by atoms with E-state index in [4.69, 9.17) is 0 Å². The van der Waals surface area contributed by atoms with Crippen molar-refractivity contribution in [1.29, 1.82) is 0 Å². The number of carbonyl (C=O) groups excluding carboxylic acids is 1. The summed E-state index contributed by atoms with van der Waals surface area (Å²) in [6, 6.07) is 5.19. The minimum atomic E-state index is -0.293. The van der Waals surface area contributed by atoms with E-state index in [-0.39, 0.29) is 5.91 Å². The van der Waals surface area contributed by atoms with Gasteiger partial charge in [0.1, 0.15) is 5.69 Å². The molecule has 1 aliphatic rings. The number of nitrogens with one attached hydrogen (secondary N) is 1. The number of hydrazone groups is 1. The van der Waals surface area contributed by atoms with Gasteiger partial charge in [-0.15, -0.1) is 0 Å². The number of amides is 1. The topological polar surface area (TPSA) is 54.4 Å². The van der Waals surface area contributed by atoms with Crippen LogP contribution in [0.5, 0.6) is 0 Å². The van der Waals surface area contributed by atoms with Crippen molar-refractivity contribution in [3.63, 3.8) is 0 Å². The molecule has 1 N–H and O–H groups in total. The Morgan fingerprint density at radius 2 is 2.40 bits per heavy atom. The third kappa shape index (κ3) is 3.88. The Kier molecular flexibility index (Phi) is 4.82. The van der Waals surface area contributed by atoms with E-state index in [0.717, 1.165) is 24.8 Å². The van der Waals surface area contributed by atoms with E-state index >= 15 is 0 Å². The van der Waals surface area contributed by atoms with E-state index in [9.17, 15) is 4.79 Å². The third-order valence-electron chi connectivity index (χ3n) is 3.44. The highest BCUT2D eigenvalue weighted by Gasteiger charge is 2.13. The predicted octanol–water partition coefficient (Wildman–Crippen LogP) is 3.10. The number of nitrogens with zero attached hydrogens (tertiary/aromatic N) is 2. The smallest absolute Gasteiger partial charge is 0.266 e. The van der Waals surface area contributed by atoms with Crippen LogP contribution in [0.4, 0.5) is 0 Å². The van der Waals surface area contributed by atoms with Crippen molar-refractivity contribution in [1.82, 2.24) is 10.4 Å². The van der Waals surface area contributed by atoms with Crippen molar-refractivity contribution in [2.45, 2.75) is 26.2 Å². The van der Waals surface area contributed by atoms with Gasteiger partial charge in [0.15, 0.2) is 0 Å². The first kappa shape index (κ1) is 14.2. The van der Waals surface area contributed by atoms with Crippen molar-refractivity contribution in [3.8, 4) is 0 Å². The molecule has 1 aliphatic carbocycles. The van der Waals surface area contributed by atoms with Crippen LogP contribution in [0.15, 0.2) is 53.3 Å². The standard InChI is InChI=1S/C16H19N3O/c1-12(2)14-8-6-13(7-9-14)11-18-19-16(20)15-5-3-4-10-17-15/h3-6,10-11,14H,1,7-9H2,2H3,(H,19,20)/t14-/m1/s1. The van der Waals surface area contributed by atoms with Crippen molar-refractivity contribution < 1.29 is 4.79 Å². The number of hydrogen-bond donors (Lipinski definition) is 1. The first-order valence-electron chi connectivity index (χ1n) is 6.75. The van der Waals surface area contributed by atoms with Crippen LogP contribution in [0.25, 0.3) is 0 Å². The lowest BCUT2D eigenvalue weighted by Crippen LogP contribution is -2.19. The molecule has 0 bridgehead atoms. The lowest BCUT2D eigenvalue weighted by Gasteiger charge is -2.20. The molecule has 1 aromatic heterocycles. The van der Waals surface area contributed by atoms with Gasteiger partial charge in [-0.3, -0.25) is 9.78 Å². The van der Waals surface area contributed by atoms with Crippen LogP contribution in [0.2, 0.25) is 0 Å². The molecule has 0 spiro atoms. The molecular weight excluding hydrogens is 250 g/mol. The molecule has 104 valence electrons. The van der Waals surface area contributed by atoms with E-state index in [1.54, 1.807) is 30.6 Å². The molecule has 1 amide bonds. The maximum absolute atomic E-state index is 11.7. The maximum atomic E-state index is 11.7. The monoisotopic (exact) mass is 269 g/mol. The number of carbonyl (C=O) groups is 1. The van der Waals surface area contributed by atoms with Gasteiger partial charge in [0.25, 0.3) is 5.91 Å². The van der Waals surface area contributed by atoms with Crippen LogP contribution in [0.3, 0.4) is 0 Å². The second kappa shape index (κ2) is 6.80. The molecule has 4 nitrogen and oxygen atoms in total. The first-order valence-corrected chi connectivity index (χ1v) is 6.75. The molecule has 0 fully saturated rings.